The number of likely N-dealkylation sites (N-methyl/N-ethyl adjacent to an activating group) is 1. The van der Waals surface area contributed by atoms with Gasteiger partial charge >= 0.3 is 5.97 Å². The van der Waals surface area contributed by atoms with Crippen molar-refractivity contribution < 1.29 is 9.53 Å². The molecule has 4 heteroatoms. The summed E-state index contributed by atoms with van der Waals surface area (Å²) in [5.41, 5.74) is 1.15. The van der Waals surface area contributed by atoms with Crippen molar-refractivity contribution in [1.82, 2.24) is 4.90 Å². The van der Waals surface area contributed by atoms with Crippen molar-refractivity contribution in [2.24, 2.45) is 0 Å². The van der Waals surface area contributed by atoms with Crippen LogP contribution in [0.5, 0.6) is 0 Å². The molecule has 2 aliphatic heterocycles. The highest BCUT2D eigenvalue weighted by Gasteiger charge is 2.55. The van der Waals surface area contributed by atoms with E-state index in [1.165, 1.54) is 18.9 Å². The van der Waals surface area contributed by atoms with Crippen LogP contribution in [0.25, 0.3) is 0 Å². The van der Waals surface area contributed by atoms with Crippen molar-refractivity contribution in [2.45, 2.75) is 56.7 Å². The van der Waals surface area contributed by atoms with E-state index in [-0.39, 0.29) is 23.5 Å². The van der Waals surface area contributed by atoms with Crippen LogP contribution in [0.1, 0.15) is 44.6 Å². The zero-order chi connectivity index (χ0) is 15.2. The van der Waals surface area contributed by atoms with E-state index in [2.05, 4.69) is 31.0 Å². The fraction of sp³-hybridized carbons (Fsp3) is 0.588. The van der Waals surface area contributed by atoms with Crippen LogP contribution in [-0.4, -0.2) is 35.6 Å². The molecule has 0 aromatic heterocycles. The molecule has 4 atom stereocenters. The molecule has 0 N–H and O–H groups in total. The average Bonchev–Trinajstić information content (AvgIpc) is 2.63. The van der Waals surface area contributed by atoms with E-state index >= 15 is 0 Å². The summed E-state index contributed by atoms with van der Waals surface area (Å²) in [5.74, 6) is 0.0544. The van der Waals surface area contributed by atoms with E-state index in [4.69, 9.17) is 16.3 Å². The van der Waals surface area contributed by atoms with Gasteiger partial charge in [0.05, 0.1) is 5.54 Å². The summed E-state index contributed by atoms with van der Waals surface area (Å²) in [6, 6.07) is 8.55. The minimum absolute atomic E-state index is 0.0705. The Labute approximate surface area is 131 Å². The Morgan fingerprint density at radius 1 is 1.38 bits per heavy atom. The molecule has 2 fully saturated rings. The van der Waals surface area contributed by atoms with Gasteiger partial charge in [0.2, 0.25) is 0 Å². The normalized spacial score (nSPS) is 35.7. The third kappa shape index (κ3) is 2.47. The molecule has 0 amide bonds. The van der Waals surface area contributed by atoms with E-state index in [0.717, 1.165) is 17.9 Å². The number of rotatable bonds is 2. The van der Waals surface area contributed by atoms with Gasteiger partial charge in [-0.05, 0) is 50.9 Å². The lowest BCUT2D eigenvalue weighted by Gasteiger charge is -2.49. The Kier molecular flexibility index (Phi) is 3.74. The molecule has 0 spiro atoms. The van der Waals surface area contributed by atoms with E-state index in [1.807, 2.05) is 12.1 Å². The predicted octanol–water partition coefficient (Wildman–Crippen LogP) is 3.61. The molecule has 3 nitrogen and oxygen atoms in total. The van der Waals surface area contributed by atoms with Crippen LogP contribution < -0.4 is 0 Å². The molecule has 21 heavy (non-hydrogen) atoms. The summed E-state index contributed by atoms with van der Waals surface area (Å²) in [7, 11) is 2.16. The minimum Gasteiger partial charge on any atom is -0.460 e. The van der Waals surface area contributed by atoms with Gasteiger partial charge in [-0.1, -0.05) is 23.7 Å². The maximum absolute atomic E-state index is 11.6. The van der Waals surface area contributed by atoms with Gasteiger partial charge in [0.15, 0.2) is 0 Å². The number of ether oxygens (including phenoxy) is 1. The van der Waals surface area contributed by atoms with Gasteiger partial charge in [0.25, 0.3) is 0 Å². The fourth-order valence-corrected chi connectivity index (χ4v) is 4.25. The highest BCUT2D eigenvalue weighted by molar-refractivity contribution is 6.30. The summed E-state index contributed by atoms with van der Waals surface area (Å²) in [4.78, 5) is 14.0. The largest absolute Gasteiger partial charge is 0.460 e. The van der Waals surface area contributed by atoms with Gasteiger partial charge in [-0.3, -0.25) is 9.69 Å². The van der Waals surface area contributed by atoms with Gasteiger partial charge in [-0.15, -0.1) is 0 Å². The lowest BCUT2D eigenvalue weighted by molar-refractivity contribution is -0.160. The summed E-state index contributed by atoms with van der Waals surface area (Å²) >= 11 is 6.00. The quantitative estimate of drug-likeness (QED) is 0.782. The van der Waals surface area contributed by atoms with Crippen LogP contribution in [0, 0.1) is 0 Å². The first-order chi connectivity index (χ1) is 9.91. The standard InChI is InChI=1S/C17H22ClNO2/c1-11(20)21-16-15(12-4-6-13(18)7-5-12)10-14-8-9-17(16,2)19(14)3/h4-7,14-16H,8-10H2,1-3H3/t14-,15+,16-,17+/m0/s1. The second-order valence-corrected chi connectivity index (χ2v) is 7.02. The molecule has 0 unspecified atom stereocenters. The molecule has 1 aromatic rings. The first-order valence-electron chi connectivity index (χ1n) is 7.57. The number of benzene rings is 1. The monoisotopic (exact) mass is 307 g/mol. The molecular weight excluding hydrogens is 286 g/mol. The van der Waals surface area contributed by atoms with Crippen molar-refractivity contribution in [2.75, 3.05) is 7.05 Å². The summed E-state index contributed by atoms with van der Waals surface area (Å²) < 4.78 is 5.78. The number of hydrogen-bond acceptors (Lipinski definition) is 3. The lowest BCUT2D eigenvalue weighted by atomic mass is 9.76. The Hall–Kier alpha value is -1.06. The molecule has 0 aliphatic carbocycles. The zero-order valence-corrected chi connectivity index (χ0v) is 13.6. The molecule has 3 rings (SSSR count). The summed E-state index contributed by atoms with van der Waals surface area (Å²) in [6.07, 6.45) is 3.19. The maximum Gasteiger partial charge on any atom is 0.302 e. The number of hydrogen-bond donors (Lipinski definition) is 0. The number of piperidine rings is 1. The van der Waals surface area contributed by atoms with E-state index < -0.39 is 0 Å². The van der Waals surface area contributed by atoms with Crippen LogP contribution in [0.4, 0.5) is 0 Å². The molecule has 0 radical (unpaired) electrons. The Bertz CT molecular complexity index is 544. The van der Waals surface area contributed by atoms with Crippen LogP contribution in [0.15, 0.2) is 24.3 Å². The topological polar surface area (TPSA) is 29.5 Å². The Morgan fingerprint density at radius 2 is 2.05 bits per heavy atom. The fourth-order valence-electron chi connectivity index (χ4n) is 4.12. The summed E-state index contributed by atoms with van der Waals surface area (Å²) in [5, 5.41) is 0.741. The Morgan fingerprint density at radius 3 is 2.67 bits per heavy atom. The van der Waals surface area contributed by atoms with Crippen LogP contribution in [0.3, 0.4) is 0 Å². The lowest BCUT2D eigenvalue weighted by Crippen LogP contribution is -2.58. The Balaban J connectivity index is 1.98. The van der Waals surface area contributed by atoms with Gasteiger partial charge in [0, 0.05) is 23.9 Å². The highest BCUT2D eigenvalue weighted by atomic mass is 35.5. The molecule has 2 bridgehead atoms. The van der Waals surface area contributed by atoms with Crippen molar-refractivity contribution in [3.8, 4) is 0 Å². The van der Waals surface area contributed by atoms with Gasteiger partial charge in [-0.25, -0.2) is 0 Å². The van der Waals surface area contributed by atoms with Crippen molar-refractivity contribution in [3.63, 3.8) is 0 Å². The SMILES string of the molecule is CC(=O)O[C@H]1[C@@H](c2ccc(Cl)cc2)C[C@@H]2CC[C@@]1(C)N2C. The molecule has 0 saturated carbocycles. The minimum atomic E-state index is -0.195. The second kappa shape index (κ2) is 5.29. The van der Waals surface area contributed by atoms with Gasteiger partial charge < -0.3 is 4.74 Å². The number of fused-ring (bicyclic) bond motifs is 2. The molecular formula is C17H22ClNO2. The number of carbonyl (C=O) groups is 1. The predicted molar refractivity (Wildman–Crippen MR) is 83.6 cm³/mol. The molecule has 2 aliphatic rings. The third-order valence-corrected chi connectivity index (χ3v) is 5.68. The van der Waals surface area contributed by atoms with Crippen molar-refractivity contribution in [3.05, 3.63) is 34.9 Å². The number of carbonyl (C=O) groups excluding carboxylic acids is 1. The molecule has 2 saturated heterocycles. The van der Waals surface area contributed by atoms with E-state index in [1.54, 1.807) is 0 Å². The van der Waals surface area contributed by atoms with Gasteiger partial charge in [-0.2, -0.15) is 0 Å². The molecule has 1 aromatic carbocycles. The number of nitrogens with zero attached hydrogens (tertiary/aromatic N) is 1. The average molecular weight is 308 g/mol. The van der Waals surface area contributed by atoms with Crippen LogP contribution in [-0.2, 0) is 9.53 Å². The van der Waals surface area contributed by atoms with Gasteiger partial charge in [0.1, 0.15) is 6.10 Å². The molecule has 2 heterocycles. The maximum atomic E-state index is 11.6. The van der Waals surface area contributed by atoms with Crippen molar-refractivity contribution in [1.29, 1.82) is 0 Å². The van der Waals surface area contributed by atoms with Crippen LogP contribution >= 0.6 is 11.6 Å². The number of halogens is 1. The zero-order valence-electron chi connectivity index (χ0n) is 12.8. The first kappa shape index (κ1) is 14.9. The molecule has 114 valence electrons. The van der Waals surface area contributed by atoms with E-state index in [0.29, 0.717) is 6.04 Å². The first-order valence-corrected chi connectivity index (χ1v) is 7.95. The second-order valence-electron chi connectivity index (χ2n) is 6.58. The van der Waals surface area contributed by atoms with E-state index in [9.17, 15) is 4.79 Å². The smallest absolute Gasteiger partial charge is 0.302 e. The highest BCUT2D eigenvalue weighted by Crippen LogP contribution is 2.50. The van der Waals surface area contributed by atoms with Crippen molar-refractivity contribution >= 4 is 17.6 Å². The third-order valence-electron chi connectivity index (χ3n) is 5.43. The van der Waals surface area contributed by atoms with Crippen LogP contribution in [0.2, 0.25) is 5.02 Å². The summed E-state index contributed by atoms with van der Waals surface area (Å²) in [6.45, 7) is 3.73. The number of esters is 1.